The quantitative estimate of drug-likeness (QED) is 0.798. The molecule has 0 saturated carbocycles. The molecule has 3 heteroatoms. The van der Waals surface area contributed by atoms with Crippen LogP contribution in [-0.4, -0.2) is 23.3 Å². The number of nitrogens with zero attached hydrogens (tertiary/aromatic N) is 1. The van der Waals surface area contributed by atoms with Gasteiger partial charge in [0.25, 0.3) is 0 Å². The van der Waals surface area contributed by atoms with Crippen molar-refractivity contribution in [1.82, 2.24) is 15.5 Å². The van der Waals surface area contributed by atoms with Crippen molar-refractivity contribution in [2.75, 3.05) is 13.1 Å². The summed E-state index contributed by atoms with van der Waals surface area (Å²) in [6.45, 7) is 8.87. The highest BCUT2D eigenvalue weighted by Gasteiger charge is 2.41. The summed E-state index contributed by atoms with van der Waals surface area (Å²) in [5, 5.41) is 11.0. The van der Waals surface area contributed by atoms with Gasteiger partial charge in [-0.3, -0.25) is 5.10 Å². The number of aromatic nitrogens is 2. The van der Waals surface area contributed by atoms with Crippen LogP contribution in [0.2, 0.25) is 0 Å². The van der Waals surface area contributed by atoms with Gasteiger partial charge in [-0.2, -0.15) is 5.10 Å². The average molecular weight is 207 g/mol. The van der Waals surface area contributed by atoms with Crippen LogP contribution in [-0.2, 0) is 0 Å². The predicted octanol–water partition coefficient (Wildman–Crippen LogP) is 2.21. The number of aryl methyl sites for hydroxylation is 1. The van der Waals surface area contributed by atoms with E-state index in [1.165, 1.54) is 18.5 Å². The summed E-state index contributed by atoms with van der Waals surface area (Å²) in [7, 11) is 0. The van der Waals surface area contributed by atoms with E-state index < -0.39 is 0 Å². The van der Waals surface area contributed by atoms with E-state index >= 15 is 0 Å². The molecule has 84 valence electrons. The molecule has 1 aliphatic rings. The van der Waals surface area contributed by atoms with E-state index in [1.807, 2.05) is 0 Å². The van der Waals surface area contributed by atoms with E-state index in [1.54, 1.807) is 0 Å². The molecule has 0 radical (unpaired) electrons. The minimum atomic E-state index is 0.418. The van der Waals surface area contributed by atoms with Crippen molar-refractivity contribution in [3.05, 3.63) is 17.5 Å². The highest BCUT2D eigenvalue weighted by molar-refractivity contribution is 5.18. The van der Waals surface area contributed by atoms with Crippen molar-refractivity contribution in [3.63, 3.8) is 0 Å². The molecule has 2 heterocycles. The largest absolute Gasteiger partial charge is 0.315 e. The van der Waals surface area contributed by atoms with E-state index in [0.29, 0.717) is 11.3 Å². The topological polar surface area (TPSA) is 40.7 Å². The van der Waals surface area contributed by atoms with Crippen LogP contribution in [0, 0.1) is 12.3 Å². The SMILES string of the molecule is CCC1(CC)CNC[C@@H]1c1cc(C)[nH]n1. The maximum atomic E-state index is 4.42. The van der Waals surface area contributed by atoms with E-state index in [0.717, 1.165) is 18.8 Å². The molecule has 15 heavy (non-hydrogen) atoms. The molecule has 1 atom stereocenters. The Morgan fingerprint density at radius 1 is 1.47 bits per heavy atom. The molecule has 1 aromatic rings. The second-order valence-electron chi connectivity index (χ2n) is 4.73. The van der Waals surface area contributed by atoms with Crippen LogP contribution in [0.1, 0.15) is 44.0 Å². The molecule has 1 aliphatic heterocycles. The van der Waals surface area contributed by atoms with Gasteiger partial charge in [0, 0.05) is 24.7 Å². The minimum Gasteiger partial charge on any atom is -0.315 e. The van der Waals surface area contributed by atoms with Crippen LogP contribution in [0.3, 0.4) is 0 Å². The van der Waals surface area contributed by atoms with Gasteiger partial charge in [-0.05, 0) is 31.2 Å². The molecule has 3 nitrogen and oxygen atoms in total. The molecular weight excluding hydrogens is 186 g/mol. The van der Waals surface area contributed by atoms with Crippen molar-refractivity contribution >= 4 is 0 Å². The summed E-state index contributed by atoms with van der Waals surface area (Å²) in [6.07, 6.45) is 2.46. The molecule has 0 bridgehead atoms. The molecule has 0 aromatic carbocycles. The fourth-order valence-electron chi connectivity index (χ4n) is 2.83. The van der Waals surface area contributed by atoms with E-state index in [4.69, 9.17) is 0 Å². The van der Waals surface area contributed by atoms with Crippen molar-refractivity contribution in [3.8, 4) is 0 Å². The van der Waals surface area contributed by atoms with Gasteiger partial charge in [-0.15, -0.1) is 0 Å². The van der Waals surface area contributed by atoms with Crippen molar-refractivity contribution in [1.29, 1.82) is 0 Å². The summed E-state index contributed by atoms with van der Waals surface area (Å²) in [5.41, 5.74) is 2.82. The first kappa shape index (κ1) is 10.7. The highest BCUT2D eigenvalue weighted by Crippen LogP contribution is 2.43. The Morgan fingerprint density at radius 2 is 2.20 bits per heavy atom. The summed E-state index contributed by atoms with van der Waals surface area (Å²) in [5.74, 6) is 0.581. The number of nitrogens with one attached hydrogen (secondary N) is 2. The zero-order chi connectivity index (χ0) is 10.9. The van der Waals surface area contributed by atoms with E-state index in [-0.39, 0.29) is 0 Å². The molecule has 1 fully saturated rings. The summed E-state index contributed by atoms with van der Waals surface area (Å²) < 4.78 is 0. The number of hydrogen-bond donors (Lipinski definition) is 2. The summed E-state index contributed by atoms with van der Waals surface area (Å²) >= 11 is 0. The summed E-state index contributed by atoms with van der Waals surface area (Å²) in [6, 6.07) is 2.19. The van der Waals surface area contributed by atoms with Crippen LogP contribution in [0.4, 0.5) is 0 Å². The lowest BCUT2D eigenvalue weighted by Gasteiger charge is -2.31. The van der Waals surface area contributed by atoms with Gasteiger partial charge in [0.2, 0.25) is 0 Å². The van der Waals surface area contributed by atoms with E-state index in [9.17, 15) is 0 Å². The summed E-state index contributed by atoms with van der Waals surface area (Å²) in [4.78, 5) is 0. The van der Waals surface area contributed by atoms with Gasteiger partial charge in [0.15, 0.2) is 0 Å². The number of aromatic amines is 1. The van der Waals surface area contributed by atoms with Gasteiger partial charge < -0.3 is 5.32 Å². The van der Waals surface area contributed by atoms with Crippen molar-refractivity contribution in [2.45, 2.75) is 39.5 Å². The molecule has 1 aromatic heterocycles. The van der Waals surface area contributed by atoms with Gasteiger partial charge >= 0.3 is 0 Å². The Kier molecular flexibility index (Phi) is 2.83. The lowest BCUT2D eigenvalue weighted by molar-refractivity contribution is 0.257. The van der Waals surface area contributed by atoms with Crippen LogP contribution in [0.25, 0.3) is 0 Å². The Labute approximate surface area is 91.7 Å². The van der Waals surface area contributed by atoms with Gasteiger partial charge in [0.1, 0.15) is 0 Å². The second-order valence-corrected chi connectivity index (χ2v) is 4.73. The maximum Gasteiger partial charge on any atom is 0.0674 e. The van der Waals surface area contributed by atoms with Gasteiger partial charge in [-0.1, -0.05) is 13.8 Å². The first-order valence-corrected chi connectivity index (χ1v) is 5.94. The van der Waals surface area contributed by atoms with Gasteiger partial charge in [0.05, 0.1) is 5.69 Å². The Hall–Kier alpha value is -0.830. The molecule has 2 N–H and O–H groups in total. The Bertz CT molecular complexity index is 325. The average Bonchev–Trinajstić information content (AvgIpc) is 2.83. The van der Waals surface area contributed by atoms with Gasteiger partial charge in [-0.25, -0.2) is 0 Å². The molecule has 0 unspecified atom stereocenters. The zero-order valence-corrected chi connectivity index (χ0v) is 9.93. The Morgan fingerprint density at radius 3 is 2.73 bits per heavy atom. The number of hydrogen-bond acceptors (Lipinski definition) is 2. The van der Waals surface area contributed by atoms with E-state index in [2.05, 4.69) is 42.4 Å². The van der Waals surface area contributed by atoms with Crippen LogP contribution < -0.4 is 5.32 Å². The second kappa shape index (κ2) is 3.97. The van der Waals surface area contributed by atoms with Crippen molar-refractivity contribution in [2.24, 2.45) is 5.41 Å². The first-order chi connectivity index (χ1) is 7.22. The highest BCUT2D eigenvalue weighted by atomic mass is 15.1. The van der Waals surface area contributed by atoms with Crippen LogP contribution >= 0.6 is 0 Å². The lowest BCUT2D eigenvalue weighted by Crippen LogP contribution is -2.27. The maximum absolute atomic E-state index is 4.42. The molecule has 1 saturated heterocycles. The Balaban J connectivity index is 2.28. The van der Waals surface area contributed by atoms with Crippen LogP contribution in [0.5, 0.6) is 0 Å². The third kappa shape index (κ3) is 1.69. The standard InChI is InChI=1S/C12H21N3/c1-4-12(5-2)8-13-7-10(12)11-6-9(3)14-15-11/h6,10,13H,4-5,7-8H2,1-3H3,(H,14,15)/t10-/m1/s1. The smallest absolute Gasteiger partial charge is 0.0674 e. The molecule has 0 amide bonds. The molecule has 0 aliphatic carbocycles. The minimum absolute atomic E-state index is 0.418. The lowest BCUT2D eigenvalue weighted by atomic mass is 9.72. The third-order valence-corrected chi connectivity index (χ3v) is 4.06. The normalized spacial score (nSPS) is 24.6. The molecule has 2 rings (SSSR count). The first-order valence-electron chi connectivity index (χ1n) is 5.94. The van der Waals surface area contributed by atoms with Crippen LogP contribution in [0.15, 0.2) is 6.07 Å². The number of H-pyrrole nitrogens is 1. The fraction of sp³-hybridized carbons (Fsp3) is 0.750. The predicted molar refractivity (Wildman–Crippen MR) is 62.0 cm³/mol. The molecule has 0 spiro atoms. The fourth-order valence-corrected chi connectivity index (χ4v) is 2.83. The zero-order valence-electron chi connectivity index (χ0n) is 9.93. The molecular formula is C12H21N3. The monoisotopic (exact) mass is 207 g/mol. The number of rotatable bonds is 3. The third-order valence-electron chi connectivity index (χ3n) is 4.06. The van der Waals surface area contributed by atoms with Crippen molar-refractivity contribution < 1.29 is 0 Å².